The highest BCUT2D eigenvalue weighted by molar-refractivity contribution is 6.30. The van der Waals surface area contributed by atoms with Crippen molar-refractivity contribution >= 4 is 23.4 Å². The van der Waals surface area contributed by atoms with Gasteiger partial charge in [-0.3, -0.25) is 14.6 Å². The number of carbonyl (C=O) groups excluding carboxylic acids is 2. The van der Waals surface area contributed by atoms with Crippen LogP contribution in [0.2, 0.25) is 5.02 Å². The van der Waals surface area contributed by atoms with Gasteiger partial charge in [0.1, 0.15) is 5.69 Å². The number of hydrogen-bond donors (Lipinski definition) is 1. The zero-order valence-corrected chi connectivity index (χ0v) is 14.6. The summed E-state index contributed by atoms with van der Waals surface area (Å²) < 4.78 is 0. The molecule has 1 aromatic carbocycles. The van der Waals surface area contributed by atoms with E-state index in [-0.39, 0.29) is 11.8 Å². The Labute approximate surface area is 152 Å². The molecule has 1 aliphatic rings. The van der Waals surface area contributed by atoms with Gasteiger partial charge in [0.25, 0.3) is 11.8 Å². The average Bonchev–Trinajstić information content (AvgIpc) is 3.17. The zero-order chi connectivity index (χ0) is 17.6. The summed E-state index contributed by atoms with van der Waals surface area (Å²) in [6.07, 6.45) is 4.28. The van der Waals surface area contributed by atoms with Crippen LogP contribution in [0.15, 0.2) is 42.6 Å². The molecule has 0 aliphatic carbocycles. The molecule has 1 aliphatic heterocycles. The third-order valence-electron chi connectivity index (χ3n) is 4.25. The number of benzene rings is 1. The summed E-state index contributed by atoms with van der Waals surface area (Å²) in [4.78, 5) is 30.6. The fourth-order valence-electron chi connectivity index (χ4n) is 2.84. The van der Waals surface area contributed by atoms with Gasteiger partial charge in [0.15, 0.2) is 0 Å². The van der Waals surface area contributed by atoms with Crippen LogP contribution in [0.4, 0.5) is 0 Å². The third-order valence-corrected chi connectivity index (χ3v) is 4.50. The number of amides is 2. The molecule has 0 spiro atoms. The van der Waals surface area contributed by atoms with Crippen molar-refractivity contribution in [3.8, 4) is 0 Å². The predicted molar refractivity (Wildman–Crippen MR) is 96.9 cm³/mol. The van der Waals surface area contributed by atoms with Crippen molar-refractivity contribution < 1.29 is 9.59 Å². The molecule has 1 aromatic heterocycles. The standard InChI is InChI=1S/C19H20ClN3O2/c20-16-5-3-14(4-6-16)7-9-22-18(24)15-8-10-21-17(13-15)19(25)23-11-1-2-12-23/h3-6,8,10,13H,1-2,7,9,11-12H2,(H,22,24). The number of halogens is 1. The lowest BCUT2D eigenvalue weighted by atomic mass is 10.1. The van der Waals surface area contributed by atoms with Crippen molar-refractivity contribution in [1.82, 2.24) is 15.2 Å². The summed E-state index contributed by atoms with van der Waals surface area (Å²) >= 11 is 5.86. The van der Waals surface area contributed by atoms with E-state index >= 15 is 0 Å². The molecule has 0 unspecified atom stereocenters. The Kier molecular flexibility index (Phi) is 5.66. The Hall–Kier alpha value is -2.40. The first kappa shape index (κ1) is 17.4. The fourth-order valence-corrected chi connectivity index (χ4v) is 2.97. The van der Waals surface area contributed by atoms with Crippen LogP contribution in [0, 0.1) is 0 Å². The number of carbonyl (C=O) groups is 2. The largest absolute Gasteiger partial charge is 0.352 e. The Morgan fingerprint density at radius 1 is 1.12 bits per heavy atom. The lowest BCUT2D eigenvalue weighted by molar-refractivity contribution is 0.0787. The molecule has 5 nitrogen and oxygen atoms in total. The van der Waals surface area contributed by atoms with E-state index in [1.54, 1.807) is 17.0 Å². The normalized spacial score (nSPS) is 13.7. The van der Waals surface area contributed by atoms with Gasteiger partial charge in [0.2, 0.25) is 0 Å². The van der Waals surface area contributed by atoms with E-state index in [4.69, 9.17) is 11.6 Å². The van der Waals surface area contributed by atoms with Gasteiger partial charge in [-0.2, -0.15) is 0 Å². The number of aromatic nitrogens is 1. The first-order chi connectivity index (χ1) is 12.1. The van der Waals surface area contributed by atoms with Crippen LogP contribution in [0.25, 0.3) is 0 Å². The highest BCUT2D eigenvalue weighted by Gasteiger charge is 2.21. The summed E-state index contributed by atoms with van der Waals surface area (Å²) in [6, 6.07) is 10.7. The molecular formula is C19H20ClN3O2. The molecule has 2 amide bonds. The Morgan fingerprint density at radius 2 is 1.84 bits per heavy atom. The Bertz CT molecular complexity index is 756. The zero-order valence-electron chi connectivity index (χ0n) is 13.9. The predicted octanol–water partition coefficient (Wildman–Crippen LogP) is 2.94. The number of pyridine rings is 1. The van der Waals surface area contributed by atoms with Gasteiger partial charge in [-0.05, 0) is 49.1 Å². The second-order valence-electron chi connectivity index (χ2n) is 6.06. The lowest BCUT2D eigenvalue weighted by Crippen LogP contribution is -2.29. The molecule has 1 fully saturated rings. The minimum Gasteiger partial charge on any atom is -0.352 e. The first-order valence-electron chi connectivity index (χ1n) is 8.41. The highest BCUT2D eigenvalue weighted by atomic mass is 35.5. The van der Waals surface area contributed by atoms with Gasteiger partial charge in [0.05, 0.1) is 0 Å². The van der Waals surface area contributed by atoms with Gasteiger partial charge in [-0.25, -0.2) is 0 Å². The van der Waals surface area contributed by atoms with Crippen molar-refractivity contribution in [3.05, 3.63) is 64.4 Å². The van der Waals surface area contributed by atoms with E-state index in [0.717, 1.165) is 31.5 Å². The van der Waals surface area contributed by atoms with Crippen molar-refractivity contribution in [1.29, 1.82) is 0 Å². The van der Waals surface area contributed by atoms with Crippen LogP contribution >= 0.6 is 11.6 Å². The van der Waals surface area contributed by atoms with E-state index in [1.807, 2.05) is 24.3 Å². The van der Waals surface area contributed by atoms with Crippen molar-refractivity contribution in [2.75, 3.05) is 19.6 Å². The molecular weight excluding hydrogens is 338 g/mol. The second kappa shape index (κ2) is 8.12. The van der Waals surface area contributed by atoms with Crippen LogP contribution in [0.5, 0.6) is 0 Å². The third kappa shape index (κ3) is 4.57. The minimum absolute atomic E-state index is 0.103. The maximum atomic E-state index is 12.4. The molecule has 1 N–H and O–H groups in total. The van der Waals surface area contributed by atoms with Crippen LogP contribution in [0.1, 0.15) is 39.3 Å². The van der Waals surface area contributed by atoms with E-state index in [9.17, 15) is 9.59 Å². The molecule has 0 atom stereocenters. The SMILES string of the molecule is O=C(NCCc1ccc(Cl)cc1)c1ccnc(C(=O)N2CCCC2)c1. The summed E-state index contributed by atoms with van der Waals surface area (Å²) in [5, 5.41) is 3.57. The van der Waals surface area contributed by atoms with E-state index < -0.39 is 0 Å². The van der Waals surface area contributed by atoms with Gasteiger partial charge in [-0.1, -0.05) is 23.7 Å². The van der Waals surface area contributed by atoms with Crippen molar-refractivity contribution in [2.45, 2.75) is 19.3 Å². The number of likely N-dealkylation sites (tertiary alicyclic amines) is 1. The summed E-state index contributed by atoms with van der Waals surface area (Å²) in [5.74, 6) is -0.305. The van der Waals surface area contributed by atoms with Crippen LogP contribution < -0.4 is 5.32 Å². The molecule has 25 heavy (non-hydrogen) atoms. The van der Waals surface area contributed by atoms with E-state index in [1.165, 1.54) is 6.20 Å². The van der Waals surface area contributed by atoms with Gasteiger partial charge < -0.3 is 10.2 Å². The monoisotopic (exact) mass is 357 g/mol. The van der Waals surface area contributed by atoms with E-state index in [2.05, 4.69) is 10.3 Å². The summed E-state index contributed by atoms with van der Waals surface area (Å²) in [5.41, 5.74) is 1.88. The molecule has 0 bridgehead atoms. The molecule has 3 rings (SSSR count). The highest BCUT2D eigenvalue weighted by Crippen LogP contribution is 2.13. The quantitative estimate of drug-likeness (QED) is 0.894. The van der Waals surface area contributed by atoms with E-state index in [0.29, 0.717) is 29.2 Å². The van der Waals surface area contributed by atoms with Crippen LogP contribution in [-0.2, 0) is 6.42 Å². The summed E-state index contributed by atoms with van der Waals surface area (Å²) in [6.45, 7) is 2.04. The van der Waals surface area contributed by atoms with Crippen LogP contribution in [0.3, 0.4) is 0 Å². The molecule has 130 valence electrons. The Morgan fingerprint density at radius 3 is 2.56 bits per heavy atom. The molecule has 2 aromatic rings. The smallest absolute Gasteiger partial charge is 0.272 e. The lowest BCUT2D eigenvalue weighted by Gasteiger charge is -2.14. The first-order valence-corrected chi connectivity index (χ1v) is 8.79. The number of nitrogens with one attached hydrogen (secondary N) is 1. The Balaban J connectivity index is 1.57. The minimum atomic E-state index is -0.202. The molecule has 6 heteroatoms. The summed E-state index contributed by atoms with van der Waals surface area (Å²) in [7, 11) is 0. The number of hydrogen-bond acceptors (Lipinski definition) is 3. The van der Waals surface area contributed by atoms with Crippen molar-refractivity contribution in [3.63, 3.8) is 0 Å². The molecule has 2 heterocycles. The van der Waals surface area contributed by atoms with Gasteiger partial charge in [0, 0.05) is 36.4 Å². The molecule has 1 saturated heterocycles. The molecule has 0 saturated carbocycles. The maximum absolute atomic E-state index is 12.4. The van der Waals surface area contributed by atoms with Gasteiger partial charge >= 0.3 is 0 Å². The topological polar surface area (TPSA) is 62.3 Å². The average molecular weight is 358 g/mol. The van der Waals surface area contributed by atoms with Gasteiger partial charge in [-0.15, -0.1) is 0 Å². The fraction of sp³-hybridized carbons (Fsp3) is 0.316. The molecule has 0 radical (unpaired) electrons. The van der Waals surface area contributed by atoms with Crippen molar-refractivity contribution in [2.24, 2.45) is 0 Å². The second-order valence-corrected chi connectivity index (χ2v) is 6.50. The number of rotatable bonds is 5. The number of nitrogens with zero attached hydrogens (tertiary/aromatic N) is 2. The maximum Gasteiger partial charge on any atom is 0.272 e. The van der Waals surface area contributed by atoms with Crippen LogP contribution in [-0.4, -0.2) is 41.3 Å².